The van der Waals surface area contributed by atoms with Gasteiger partial charge < -0.3 is 9.80 Å². The van der Waals surface area contributed by atoms with Crippen LogP contribution in [0.3, 0.4) is 0 Å². The minimum absolute atomic E-state index is 0.0383. The van der Waals surface area contributed by atoms with Crippen molar-refractivity contribution in [2.24, 2.45) is 0 Å². The van der Waals surface area contributed by atoms with E-state index in [1.807, 2.05) is 48.5 Å². The number of hydrogen-bond acceptors (Lipinski definition) is 2. The zero-order chi connectivity index (χ0) is 27.8. The first-order chi connectivity index (χ1) is 18.5. The highest BCUT2D eigenvalue weighted by Crippen LogP contribution is 2.42. The lowest BCUT2D eigenvalue weighted by atomic mass is 9.76. The smallest absolute Gasteiger partial charge is 0.372 e. The van der Waals surface area contributed by atoms with Gasteiger partial charge >= 0.3 is 12.4 Å². The van der Waals surface area contributed by atoms with E-state index in [9.17, 15) is 31.1 Å². The summed E-state index contributed by atoms with van der Waals surface area (Å²) < 4.78 is 80.6. The van der Waals surface area contributed by atoms with E-state index in [0.717, 1.165) is 42.7 Å². The Bertz CT molecular complexity index is 1280. The number of anilines is 1. The third kappa shape index (κ3) is 5.92. The normalized spacial score (nSPS) is 20.4. The van der Waals surface area contributed by atoms with Crippen LogP contribution in [0.1, 0.15) is 63.7 Å². The Kier molecular flexibility index (Phi) is 7.35. The first-order valence-corrected chi connectivity index (χ1v) is 13.0. The molecule has 1 amide bonds. The second-order valence-electron chi connectivity index (χ2n) is 10.2. The number of benzene rings is 3. The molecule has 3 aromatic carbocycles. The lowest BCUT2D eigenvalue weighted by Crippen LogP contribution is -2.42. The predicted octanol–water partition coefficient (Wildman–Crippen LogP) is 7.74. The van der Waals surface area contributed by atoms with Gasteiger partial charge in [0, 0.05) is 43.3 Å². The molecule has 0 saturated carbocycles. The van der Waals surface area contributed by atoms with Crippen LogP contribution in [0.25, 0.3) is 0 Å². The number of piperidine rings is 1. The van der Waals surface area contributed by atoms with E-state index in [2.05, 4.69) is 11.0 Å². The molecular weight excluding hydrogens is 518 g/mol. The van der Waals surface area contributed by atoms with Gasteiger partial charge in [-0.3, -0.25) is 4.79 Å². The maximum absolute atomic E-state index is 13.4. The Morgan fingerprint density at radius 1 is 0.692 bits per heavy atom. The molecule has 0 N–H and O–H groups in total. The molecule has 39 heavy (non-hydrogen) atoms. The van der Waals surface area contributed by atoms with Gasteiger partial charge in [-0.05, 0) is 66.6 Å². The number of halogens is 6. The number of carbonyl (C=O) groups is 1. The summed E-state index contributed by atoms with van der Waals surface area (Å²) in [6.07, 6.45) is -7.29. The summed E-state index contributed by atoms with van der Waals surface area (Å²) in [5, 5.41) is 0. The van der Waals surface area contributed by atoms with Gasteiger partial charge in [0.15, 0.2) is 0 Å². The molecular formula is C30H28F6N2O. The highest BCUT2D eigenvalue weighted by atomic mass is 19.4. The van der Waals surface area contributed by atoms with Gasteiger partial charge in [-0.25, -0.2) is 0 Å². The maximum atomic E-state index is 13.4. The van der Waals surface area contributed by atoms with Crippen LogP contribution >= 0.6 is 0 Å². The summed E-state index contributed by atoms with van der Waals surface area (Å²) >= 11 is 0. The fraction of sp³-hybridized carbons (Fsp3) is 0.367. The summed E-state index contributed by atoms with van der Waals surface area (Å²) in [7, 11) is 0. The van der Waals surface area contributed by atoms with Crippen molar-refractivity contribution in [1.29, 1.82) is 0 Å². The number of nitrogens with zero attached hydrogens (tertiary/aromatic N) is 2. The molecule has 0 aromatic heterocycles. The maximum Gasteiger partial charge on any atom is 0.416 e. The molecule has 0 radical (unpaired) electrons. The van der Waals surface area contributed by atoms with Gasteiger partial charge in [-0.15, -0.1) is 0 Å². The average Bonchev–Trinajstić information content (AvgIpc) is 3.47. The van der Waals surface area contributed by atoms with Crippen molar-refractivity contribution in [1.82, 2.24) is 4.90 Å². The molecule has 206 valence electrons. The van der Waals surface area contributed by atoms with Crippen LogP contribution in [0.5, 0.6) is 0 Å². The van der Waals surface area contributed by atoms with E-state index in [4.69, 9.17) is 0 Å². The predicted molar refractivity (Wildman–Crippen MR) is 137 cm³/mol. The zero-order valence-electron chi connectivity index (χ0n) is 21.1. The SMILES string of the molecule is O=C(c1cc(C(F)(F)F)cc(C(F)(F)F)c1)N1CCC(c2ccccc2)C(c2cccc(N3CCCC3)c2)C1. The van der Waals surface area contributed by atoms with Crippen molar-refractivity contribution in [2.45, 2.75) is 43.5 Å². The zero-order valence-corrected chi connectivity index (χ0v) is 21.1. The van der Waals surface area contributed by atoms with Gasteiger partial charge in [0.25, 0.3) is 5.91 Å². The van der Waals surface area contributed by atoms with Crippen molar-refractivity contribution in [3.8, 4) is 0 Å². The van der Waals surface area contributed by atoms with Crippen LogP contribution in [0, 0.1) is 0 Å². The van der Waals surface area contributed by atoms with Crippen molar-refractivity contribution in [3.05, 3.63) is 101 Å². The Balaban J connectivity index is 1.49. The molecule has 2 unspecified atom stereocenters. The Labute approximate surface area is 223 Å². The first-order valence-electron chi connectivity index (χ1n) is 13.0. The molecule has 3 aromatic rings. The van der Waals surface area contributed by atoms with Gasteiger partial charge in [-0.2, -0.15) is 26.3 Å². The summed E-state index contributed by atoms with van der Waals surface area (Å²) in [6.45, 7) is 2.31. The molecule has 2 saturated heterocycles. The minimum atomic E-state index is -5.02. The van der Waals surface area contributed by atoms with E-state index in [0.29, 0.717) is 18.6 Å². The Hall–Kier alpha value is -3.49. The van der Waals surface area contributed by atoms with Crippen LogP contribution in [-0.2, 0) is 12.4 Å². The second kappa shape index (κ2) is 10.6. The van der Waals surface area contributed by atoms with Crippen molar-refractivity contribution in [2.75, 3.05) is 31.1 Å². The number of carbonyl (C=O) groups excluding carboxylic acids is 1. The lowest BCUT2D eigenvalue weighted by Gasteiger charge is -2.39. The monoisotopic (exact) mass is 546 g/mol. The molecule has 5 rings (SSSR count). The van der Waals surface area contributed by atoms with Crippen molar-refractivity contribution < 1.29 is 31.1 Å². The molecule has 0 aliphatic carbocycles. The molecule has 2 fully saturated rings. The number of amides is 1. The summed E-state index contributed by atoms with van der Waals surface area (Å²) in [4.78, 5) is 17.1. The molecule has 2 atom stereocenters. The third-order valence-electron chi connectivity index (χ3n) is 7.73. The Morgan fingerprint density at radius 3 is 1.92 bits per heavy atom. The van der Waals surface area contributed by atoms with Crippen LogP contribution < -0.4 is 4.90 Å². The average molecular weight is 547 g/mol. The standard InChI is InChI=1S/C30H28F6N2O/c31-29(32,33)23-15-22(16-24(18-23)30(34,35)36)28(39)38-14-11-26(20-7-2-1-3-8-20)27(19-38)21-9-6-10-25(17-21)37-12-4-5-13-37/h1-3,6-10,15-18,26-27H,4-5,11-14,19H2. The summed E-state index contributed by atoms with van der Waals surface area (Å²) in [5.74, 6) is -0.976. The highest BCUT2D eigenvalue weighted by molar-refractivity contribution is 5.95. The second-order valence-corrected chi connectivity index (χ2v) is 10.2. The topological polar surface area (TPSA) is 23.6 Å². The fourth-order valence-electron chi connectivity index (χ4n) is 5.76. The third-order valence-corrected chi connectivity index (χ3v) is 7.73. The van der Waals surface area contributed by atoms with Crippen molar-refractivity contribution in [3.63, 3.8) is 0 Å². The van der Waals surface area contributed by atoms with Crippen LogP contribution in [-0.4, -0.2) is 37.0 Å². The van der Waals surface area contributed by atoms with Gasteiger partial charge in [0.1, 0.15) is 0 Å². The largest absolute Gasteiger partial charge is 0.416 e. The van der Waals surface area contributed by atoms with Gasteiger partial charge in [0.05, 0.1) is 11.1 Å². The minimum Gasteiger partial charge on any atom is -0.372 e. The molecule has 2 heterocycles. The number of likely N-dealkylation sites (tertiary alicyclic amines) is 1. The first kappa shape index (κ1) is 27.1. The molecule has 0 spiro atoms. The van der Waals surface area contributed by atoms with Gasteiger partial charge in [-0.1, -0.05) is 42.5 Å². The molecule has 2 aliphatic rings. The van der Waals surface area contributed by atoms with Crippen molar-refractivity contribution >= 4 is 11.6 Å². The highest BCUT2D eigenvalue weighted by Gasteiger charge is 2.39. The molecule has 0 bridgehead atoms. The lowest BCUT2D eigenvalue weighted by molar-refractivity contribution is -0.143. The Morgan fingerprint density at radius 2 is 1.31 bits per heavy atom. The van der Waals surface area contributed by atoms with Crippen LogP contribution in [0.2, 0.25) is 0 Å². The van der Waals surface area contributed by atoms with Crippen LogP contribution in [0.4, 0.5) is 32.0 Å². The summed E-state index contributed by atoms with van der Waals surface area (Å²) in [5.41, 5.74) is -0.442. The molecule has 9 heteroatoms. The molecule has 2 aliphatic heterocycles. The van der Waals surface area contributed by atoms with E-state index in [-0.39, 0.29) is 31.0 Å². The van der Waals surface area contributed by atoms with E-state index in [1.165, 1.54) is 4.90 Å². The number of alkyl halides is 6. The van der Waals surface area contributed by atoms with E-state index < -0.39 is 35.0 Å². The summed E-state index contributed by atoms with van der Waals surface area (Å²) in [6, 6.07) is 19.0. The van der Waals surface area contributed by atoms with Gasteiger partial charge in [0.2, 0.25) is 0 Å². The fourth-order valence-corrected chi connectivity index (χ4v) is 5.76. The molecule has 3 nitrogen and oxygen atoms in total. The number of rotatable bonds is 4. The quantitative estimate of drug-likeness (QED) is 0.313. The van der Waals surface area contributed by atoms with Crippen LogP contribution in [0.15, 0.2) is 72.8 Å². The van der Waals surface area contributed by atoms with E-state index >= 15 is 0 Å². The van der Waals surface area contributed by atoms with E-state index in [1.54, 1.807) is 0 Å². The number of hydrogen-bond donors (Lipinski definition) is 0.